The topological polar surface area (TPSA) is 77.0 Å². The fourth-order valence-corrected chi connectivity index (χ4v) is 3.87. The zero-order chi connectivity index (χ0) is 18.0. The summed E-state index contributed by atoms with van der Waals surface area (Å²) in [4.78, 5) is 24.6. The van der Waals surface area contributed by atoms with Crippen LogP contribution in [0.3, 0.4) is 0 Å². The predicted octanol–water partition coefficient (Wildman–Crippen LogP) is 2.65. The van der Waals surface area contributed by atoms with Gasteiger partial charge >= 0.3 is 5.69 Å². The van der Waals surface area contributed by atoms with E-state index < -0.39 is 0 Å². The summed E-state index contributed by atoms with van der Waals surface area (Å²) in [5.74, 6) is 0.295. The van der Waals surface area contributed by atoms with Gasteiger partial charge in [-0.2, -0.15) is 0 Å². The number of nitrogens with zero attached hydrogens (tertiary/aromatic N) is 2. The first-order valence-corrected chi connectivity index (χ1v) is 9.45. The minimum absolute atomic E-state index is 0.0460. The number of benzene rings is 1. The molecule has 2 heterocycles. The Bertz CT molecular complexity index is 835. The Morgan fingerprint density at radius 1 is 1.32 bits per heavy atom. The first-order chi connectivity index (χ1) is 12.0. The highest BCUT2D eigenvalue weighted by Gasteiger charge is 2.20. The third-order valence-electron chi connectivity index (χ3n) is 4.61. The molecule has 1 fully saturated rings. The number of ether oxygens (including phenoxy) is 1. The van der Waals surface area contributed by atoms with Crippen molar-refractivity contribution in [2.75, 3.05) is 12.4 Å². The summed E-state index contributed by atoms with van der Waals surface area (Å²) in [7, 11) is 0. The van der Waals surface area contributed by atoms with Gasteiger partial charge < -0.3 is 4.74 Å². The number of Topliss-reactive ketones (excluding diaryl/α,β-unsaturated/α-hetero) is 1. The molecule has 1 aromatic heterocycles. The van der Waals surface area contributed by atoms with Crippen molar-refractivity contribution in [3.8, 4) is 0 Å². The van der Waals surface area contributed by atoms with Gasteiger partial charge in [0.1, 0.15) is 0 Å². The lowest BCUT2D eigenvalue weighted by atomic mass is 9.99. The zero-order valence-corrected chi connectivity index (χ0v) is 15.6. The molecule has 1 aromatic carbocycles. The number of hydrogen-bond acceptors (Lipinski definition) is 5. The summed E-state index contributed by atoms with van der Waals surface area (Å²) in [6, 6.07) is 3.98. The number of H-pyrrole nitrogens is 1. The number of nitrogens with one attached hydrogen (secondary N) is 1. The van der Waals surface area contributed by atoms with Crippen LogP contribution < -0.4 is 5.69 Å². The minimum atomic E-state index is -0.257. The Kier molecular flexibility index (Phi) is 5.44. The van der Waals surface area contributed by atoms with Crippen LogP contribution in [0.2, 0.25) is 0 Å². The molecule has 0 spiro atoms. The number of aryl methyl sites for hydroxylation is 3. The van der Waals surface area contributed by atoms with Crippen LogP contribution in [0.1, 0.15) is 39.9 Å². The molecule has 1 aliphatic heterocycles. The van der Waals surface area contributed by atoms with E-state index in [1.807, 2.05) is 32.9 Å². The normalized spacial score (nSPS) is 17.2. The van der Waals surface area contributed by atoms with Crippen LogP contribution in [0.15, 0.2) is 22.1 Å². The summed E-state index contributed by atoms with van der Waals surface area (Å²) in [5.41, 5.74) is 3.74. The molecule has 2 aromatic rings. The summed E-state index contributed by atoms with van der Waals surface area (Å²) < 4.78 is 7.16. The van der Waals surface area contributed by atoms with Crippen LogP contribution in [0.25, 0.3) is 0 Å². The lowest BCUT2D eigenvalue weighted by molar-refractivity contribution is 0.0941. The third-order valence-corrected chi connectivity index (χ3v) is 5.58. The smallest absolute Gasteiger partial charge is 0.344 e. The molecule has 0 bridgehead atoms. The van der Waals surface area contributed by atoms with E-state index >= 15 is 0 Å². The highest BCUT2D eigenvalue weighted by molar-refractivity contribution is 7.99. The van der Waals surface area contributed by atoms with Gasteiger partial charge in [0.25, 0.3) is 0 Å². The van der Waals surface area contributed by atoms with Crippen molar-refractivity contribution in [3.05, 3.63) is 44.9 Å². The third kappa shape index (κ3) is 4.04. The van der Waals surface area contributed by atoms with Crippen LogP contribution in [-0.4, -0.2) is 39.0 Å². The number of aromatic amines is 1. The van der Waals surface area contributed by atoms with Crippen molar-refractivity contribution in [1.29, 1.82) is 0 Å². The van der Waals surface area contributed by atoms with Crippen LogP contribution in [0, 0.1) is 20.8 Å². The van der Waals surface area contributed by atoms with Gasteiger partial charge in [-0.15, -0.1) is 5.10 Å². The van der Waals surface area contributed by atoms with Crippen LogP contribution in [0.5, 0.6) is 0 Å². The number of aromatic nitrogens is 3. The molecule has 1 N–H and O–H groups in total. The molecule has 1 saturated heterocycles. The van der Waals surface area contributed by atoms with Crippen molar-refractivity contribution in [2.45, 2.75) is 51.4 Å². The number of rotatable bonds is 6. The number of thioether (sulfide) groups is 1. The van der Waals surface area contributed by atoms with Gasteiger partial charge in [-0.05, 0) is 56.4 Å². The second kappa shape index (κ2) is 7.58. The number of carbonyl (C=O) groups is 1. The highest BCUT2D eigenvalue weighted by Crippen LogP contribution is 2.21. The second-order valence-corrected chi connectivity index (χ2v) is 7.46. The molecule has 0 aliphatic carbocycles. The Labute approximate surface area is 151 Å². The maximum atomic E-state index is 12.6. The van der Waals surface area contributed by atoms with E-state index in [1.54, 1.807) is 4.57 Å². The van der Waals surface area contributed by atoms with Crippen molar-refractivity contribution < 1.29 is 9.53 Å². The van der Waals surface area contributed by atoms with Crippen LogP contribution >= 0.6 is 11.8 Å². The van der Waals surface area contributed by atoms with E-state index in [0.717, 1.165) is 36.1 Å². The lowest BCUT2D eigenvalue weighted by Crippen LogP contribution is -2.25. The van der Waals surface area contributed by atoms with Gasteiger partial charge in [0, 0.05) is 12.2 Å². The summed E-state index contributed by atoms with van der Waals surface area (Å²) >= 11 is 1.29. The van der Waals surface area contributed by atoms with E-state index in [1.165, 1.54) is 17.3 Å². The Morgan fingerprint density at radius 3 is 2.80 bits per heavy atom. The van der Waals surface area contributed by atoms with Gasteiger partial charge in [-0.25, -0.2) is 9.89 Å². The van der Waals surface area contributed by atoms with Crippen LogP contribution in [0.4, 0.5) is 0 Å². The number of hydrogen-bond donors (Lipinski definition) is 1. The average Bonchev–Trinajstić information content (AvgIpc) is 3.20. The van der Waals surface area contributed by atoms with Crippen molar-refractivity contribution >= 4 is 17.5 Å². The minimum Gasteiger partial charge on any atom is -0.376 e. The molecule has 6 nitrogen and oxygen atoms in total. The van der Waals surface area contributed by atoms with E-state index in [2.05, 4.69) is 10.2 Å². The maximum absolute atomic E-state index is 12.6. The van der Waals surface area contributed by atoms with Gasteiger partial charge in [0.15, 0.2) is 10.9 Å². The molecule has 1 unspecified atom stereocenters. The van der Waals surface area contributed by atoms with Crippen LogP contribution in [-0.2, 0) is 11.3 Å². The quantitative estimate of drug-likeness (QED) is 0.632. The zero-order valence-electron chi connectivity index (χ0n) is 14.8. The molecule has 0 saturated carbocycles. The highest BCUT2D eigenvalue weighted by atomic mass is 32.2. The summed E-state index contributed by atoms with van der Waals surface area (Å²) in [6.45, 7) is 7.22. The molecular weight excluding hydrogens is 338 g/mol. The van der Waals surface area contributed by atoms with Crippen molar-refractivity contribution in [1.82, 2.24) is 14.8 Å². The predicted molar refractivity (Wildman–Crippen MR) is 97.5 cm³/mol. The number of carbonyl (C=O) groups excluding carboxylic acids is 1. The van der Waals surface area contributed by atoms with Crippen molar-refractivity contribution in [2.24, 2.45) is 0 Å². The first-order valence-electron chi connectivity index (χ1n) is 8.46. The van der Waals surface area contributed by atoms with E-state index in [0.29, 0.717) is 11.7 Å². The lowest BCUT2D eigenvalue weighted by Gasteiger charge is -2.11. The SMILES string of the molecule is Cc1cc(C)c(C(=O)CSc2n[nH]c(=O)n2CC2CCCO2)cc1C. The molecule has 7 heteroatoms. The Hall–Kier alpha value is -1.86. The largest absolute Gasteiger partial charge is 0.376 e. The van der Waals surface area contributed by atoms with Gasteiger partial charge in [-0.3, -0.25) is 9.36 Å². The average molecular weight is 361 g/mol. The Balaban J connectivity index is 1.70. The summed E-state index contributed by atoms with van der Waals surface area (Å²) in [5, 5.41) is 7.07. The second-order valence-electron chi connectivity index (χ2n) is 6.52. The molecule has 0 amide bonds. The van der Waals surface area contributed by atoms with Gasteiger partial charge in [-0.1, -0.05) is 17.8 Å². The summed E-state index contributed by atoms with van der Waals surface area (Å²) in [6.07, 6.45) is 2.01. The molecular formula is C18H23N3O3S. The Morgan fingerprint density at radius 2 is 2.08 bits per heavy atom. The van der Waals surface area contributed by atoms with Gasteiger partial charge in [0.05, 0.1) is 18.4 Å². The fourth-order valence-electron chi connectivity index (χ4n) is 3.04. The van der Waals surface area contributed by atoms with Crippen molar-refractivity contribution in [3.63, 3.8) is 0 Å². The van der Waals surface area contributed by atoms with E-state index in [9.17, 15) is 9.59 Å². The molecule has 134 valence electrons. The standard InChI is InChI=1S/C18H23N3O3S/c1-11-7-13(3)15(8-12(11)2)16(22)10-25-18-20-19-17(23)21(18)9-14-5-4-6-24-14/h7-8,14H,4-6,9-10H2,1-3H3,(H,19,23). The maximum Gasteiger partial charge on any atom is 0.344 e. The van der Waals surface area contributed by atoms with E-state index in [4.69, 9.17) is 4.74 Å². The molecule has 1 aliphatic rings. The van der Waals surface area contributed by atoms with E-state index in [-0.39, 0.29) is 23.3 Å². The molecule has 1 atom stereocenters. The monoisotopic (exact) mass is 361 g/mol. The fraction of sp³-hybridized carbons (Fsp3) is 0.500. The first kappa shape index (κ1) is 17.9. The molecule has 0 radical (unpaired) electrons. The number of ketones is 1. The van der Waals surface area contributed by atoms with Gasteiger partial charge in [0.2, 0.25) is 0 Å². The molecule has 25 heavy (non-hydrogen) atoms. The molecule has 3 rings (SSSR count).